The van der Waals surface area contributed by atoms with Crippen LogP contribution in [0.1, 0.15) is 5.76 Å². The van der Waals surface area contributed by atoms with Crippen molar-refractivity contribution in [3.8, 4) is 11.3 Å². The number of aliphatic imine (C=N–C) groups is 1. The van der Waals surface area contributed by atoms with Crippen LogP contribution >= 0.6 is 11.8 Å². The summed E-state index contributed by atoms with van der Waals surface area (Å²) in [5, 5.41) is 0. The summed E-state index contributed by atoms with van der Waals surface area (Å²) in [5.41, 5.74) is 1.61. The molecule has 1 aromatic heterocycles. The van der Waals surface area contributed by atoms with Crippen LogP contribution in [0.15, 0.2) is 75.0 Å². The van der Waals surface area contributed by atoms with Crippen molar-refractivity contribution in [2.75, 3.05) is 6.26 Å². The molecule has 1 heterocycles. The van der Waals surface area contributed by atoms with Gasteiger partial charge in [0.05, 0.1) is 11.9 Å². The Morgan fingerprint density at radius 1 is 1.05 bits per heavy atom. The van der Waals surface area contributed by atoms with Crippen molar-refractivity contribution in [1.82, 2.24) is 0 Å². The van der Waals surface area contributed by atoms with Crippen LogP contribution in [-0.4, -0.2) is 12.5 Å². The highest BCUT2D eigenvalue weighted by atomic mass is 32.2. The third kappa shape index (κ3) is 3.28. The van der Waals surface area contributed by atoms with Crippen molar-refractivity contribution in [3.63, 3.8) is 0 Å². The molecule has 0 atom stereocenters. The minimum absolute atomic E-state index is 0.280. The molecule has 2 nitrogen and oxygen atoms in total. The Bertz CT molecular complexity index is 810. The minimum atomic E-state index is -0.280. The second-order valence-corrected chi connectivity index (χ2v) is 5.49. The van der Waals surface area contributed by atoms with E-state index in [-0.39, 0.29) is 5.82 Å². The normalized spacial score (nSPS) is 11.2. The Morgan fingerprint density at radius 2 is 1.91 bits per heavy atom. The number of hydrogen-bond donors (Lipinski definition) is 0. The number of rotatable bonds is 4. The van der Waals surface area contributed by atoms with Gasteiger partial charge in [0.15, 0.2) is 0 Å². The molecule has 110 valence electrons. The molecule has 0 saturated carbocycles. The van der Waals surface area contributed by atoms with Crippen molar-refractivity contribution >= 4 is 23.7 Å². The molecule has 0 aliphatic carbocycles. The summed E-state index contributed by atoms with van der Waals surface area (Å²) in [4.78, 5) is 5.57. The predicted molar refractivity (Wildman–Crippen MR) is 89.6 cm³/mol. The Balaban J connectivity index is 1.84. The number of benzene rings is 2. The lowest BCUT2D eigenvalue weighted by Gasteiger charge is -2.00. The summed E-state index contributed by atoms with van der Waals surface area (Å²) >= 11 is 1.65. The lowest BCUT2D eigenvalue weighted by Crippen LogP contribution is -1.78. The van der Waals surface area contributed by atoms with Gasteiger partial charge in [-0.25, -0.2) is 4.39 Å². The zero-order chi connectivity index (χ0) is 15.4. The third-order valence-electron chi connectivity index (χ3n) is 3.15. The van der Waals surface area contributed by atoms with E-state index in [1.807, 2.05) is 48.7 Å². The first-order valence-electron chi connectivity index (χ1n) is 6.79. The van der Waals surface area contributed by atoms with Crippen LogP contribution in [-0.2, 0) is 0 Å². The molecular weight excluding hydrogens is 297 g/mol. The highest BCUT2D eigenvalue weighted by Gasteiger charge is 2.04. The first-order valence-corrected chi connectivity index (χ1v) is 8.01. The van der Waals surface area contributed by atoms with Gasteiger partial charge in [0.1, 0.15) is 17.3 Å². The molecule has 3 rings (SSSR count). The number of thioether (sulfide) groups is 1. The summed E-state index contributed by atoms with van der Waals surface area (Å²) in [6.45, 7) is 0. The summed E-state index contributed by atoms with van der Waals surface area (Å²) in [6, 6.07) is 17.9. The average Bonchev–Trinajstić information content (AvgIpc) is 3.02. The fourth-order valence-corrected chi connectivity index (χ4v) is 2.63. The van der Waals surface area contributed by atoms with Crippen molar-refractivity contribution in [1.29, 1.82) is 0 Å². The zero-order valence-electron chi connectivity index (χ0n) is 12.0. The SMILES string of the molecule is CSc1ccccc1N=Cc1ccc(-c2cccc(F)c2)o1. The van der Waals surface area contributed by atoms with E-state index in [2.05, 4.69) is 4.99 Å². The number of halogens is 1. The molecule has 0 aliphatic heterocycles. The molecule has 0 unspecified atom stereocenters. The largest absolute Gasteiger partial charge is 0.455 e. The van der Waals surface area contributed by atoms with Crippen molar-refractivity contribution in [3.05, 3.63) is 72.2 Å². The summed E-state index contributed by atoms with van der Waals surface area (Å²) in [7, 11) is 0. The van der Waals surface area contributed by atoms with Gasteiger partial charge >= 0.3 is 0 Å². The van der Waals surface area contributed by atoms with Crippen molar-refractivity contribution in [2.45, 2.75) is 4.90 Å². The maximum atomic E-state index is 13.2. The van der Waals surface area contributed by atoms with Crippen LogP contribution in [0.5, 0.6) is 0 Å². The maximum absolute atomic E-state index is 13.2. The van der Waals surface area contributed by atoms with Gasteiger partial charge in [-0.2, -0.15) is 0 Å². The second kappa shape index (κ2) is 6.62. The molecule has 0 fully saturated rings. The van der Waals surface area contributed by atoms with E-state index in [1.54, 1.807) is 24.0 Å². The minimum Gasteiger partial charge on any atom is -0.455 e. The van der Waals surface area contributed by atoms with Gasteiger partial charge in [0.25, 0.3) is 0 Å². The topological polar surface area (TPSA) is 25.5 Å². The Kier molecular flexibility index (Phi) is 4.39. The number of furan rings is 1. The molecule has 22 heavy (non-hydrogen) atoms. The molecule has 0 saturated heterocycles. The van der Waals surface area contributed by atoms with Crippen molar-refractivity contribution < 1.29 is 8.81 Å². The smallest absolute Gasteiger partial charge is 0.145 e. The molecule has 0 amide bonds. The van der Waals surface area contributed by atoms with E-state index in [1.165, 1.54) is 12.1 Å². The van der Waals surface area contributed by atoms with E-state index >= 15 is 0 Å². The van der Waals surface area contributed by atoms with Crippen LogP contribution in [0.3, 0.4) is 0 Å². The van der Waals surface area contributed by atoms with Gasteiger partial charge in [-0.15, -0.1) is 11.8 Å². The lowest BCUT2D eigenvalue weighted by atomic mass is 10.2. The molecule has 0 radical (unpaired) electrons. The van der Waals surface area contributed by atoms with Gasteiger partial charge in [0, 0.05) is 10.5 Å². The first-order chi connectivity index (χ1) is 10.8. The third-order valence-corrected chi connectivity index (χ3v) is 3.94. The average molecular weight is 311 g/mol. The molecule has 0 spiro atoms. The summed E-state index contributed by atoms with van der Waals surface area (Å²) in [5.74, 6) is 0.979. The zero-order valence-corrected chi connectivity index (χ0v) is 12.8. The molecule has 0 bridgehead atoms. The van der Waals surface area contributed by atoms with Crippen LogP contribution in [0.4, 0.5) is 10.1 Å². The fourth-order valence-electron chi connectivity index (χ4n) is 2.09. The van der Waals surface area contributed by atoms with E-state index in [0.717, 1.165) is 10.6 Å². The Morgan fingerprint density at radius 3 is 2.73 bits per heavy atom. The Labute approximate surface area is 132 Å². The molecule has 0 N–H and O–H groups in total. The van der Waals surface area contributed by atoms with E-state index in [9.17, 15) is 4.39 Å². The summed E-state index contributed by atoms with van der Waals surface area (Å²) < 4.78 is 18.9. The predicted octanol–water partition coefficient (Wildman–Crippen LogP) is 5.56. The van der Waals surface area contributed by atoms with Crippen LogP contribution in [0.25, 0.3) is 11.3 Å². The van der Waals surface area contributed by atoms with Crippen LogP contribution < -0.4 is 0 Å². The molecule has 4 heteroatoms. The van der Waals surface area contributed by atoms with Crippen LogP contribution in [0.2, 0.25) is 0 Å². The standard InChI is InChI=1S/C18H14FNOS/c1-22-18-8-3-2-7-16(18)20-12-15-9-10-17(21-15)13-5-4-6-14(19)11-13/h2-12H,1H3. The fraction of sp³-hybridized carbons (Fsp3) is 0.0556. The summed E-state index contributed by atoms with van der Waals surface area (Å²) in [6.07, 6.45) is 3.70. The van der Waals surface area contributed by atoms with Crippen LogP contribution in [0, 0.1) is 5.82 Å². The van der Waals surface area contributed by atoms with E-state index in [0.29, 0.717) is 17.1 Å². The van der Waals surface area contributed by atoms with E-state index in [4.69, 9.17) is 4.42 Å². The maximum Gasteiger partial charge on any atom is 0.145 e. The van der Waals surface area contributed by atoms with Gasteiger partial charge in [-0.1, -0.05) is 24.3 Å². The molecule has 2 aromatic carbocycles. The first kappa shape index (κ1) is 14.6. The molecular formula is C18H14FNOS. The van der Waals surface area contributed by atoms with Crippen molar-refractivity contribution in [2.24, 2.45) is 4.99 Å². The quantitative estimate of drug-likeness (QED) is 0.466. The molecule has 3 aromatic rings. The number of hydrogen-bond acceptors (Lipinski definition) is 3. The van der Waals surface area contributed by atoms with Gasteiger partial charge in [0.2, 0.25) is 0 Å². The second-order valence-electron chi connectivity index (χ2n) is 4.64. The van der Waals surface area contributed by atoms with Gasteiger partial charge < -0.3 is 4.42 Å². The number of para-hydroxylation sites is 1. The molecule has 0 aliphatic rings. The number of nitrogens with zero attached hydrogens (tertiary/aromatic N) is 1. The lowest BCUT2D eigenvalue weighted by molar-refractivity contribution is 0.573. The highest BCUT2D eigenvalue weighted by molar-refractivity contribution is 7.98. The highest BCUT2D eigenvalue weighted by Crippen LogP contribution is 2.27. The van der Waals surface area contributed by atoms with Gasteiger partial charge in [-0.3, -0.25) is 4.99 Å². The van der Waals surface area contributed by atoms with Gasteiger partial charge in [-0.05, 0) is 42.7 Å². The van der Waals surface area contributed by atoms with E-state index < -0.39 is 0 Å². The monoisotopic (exact) mass is 311 g/mol. The Hall–Kier alpha value is -2.33.